The van der Waals surface area contributed by atoms with E-state index in [1.54, 1.807) is 13.8 Å². The molecule has 112 valence electrons. The lowest BCUT2D eigenvalue weighted by atomic mass is 10.2. The summed E-state index contributed by atoms with van der Waals surface area (Å²) in [6.45, 7) is 3.18. The number of rotatable bonds is 5. The van der Waals surface area contributed by atoms with E-state index in [0.29, 0.717) is 11.3 Å². The molecule has 0 aliphatic carbocycles. The second kappa shape index (κ2) is 6.43. The molecule has 0 bridgehead atoms. The molecule has 8 heteroatoms. The van der Waals surface area contributed by atoms with Gasteiger partial charge in [0.25, 0.3) is 0 Å². The van der Waals surface area contributed by atoms with Crippen LogP contribution in [0, 0.1) is 6.92 Å². The van der Waals surface area contributed by atoms with Crippen LogP contribution in [-0.2, 0) is 14.8 Å². The summed E-state index contributed by atoms with van der Waals surface area (Å²) in [6, 6.07) is 2.83. The number of sulfonamides is 1. The Bertz CT molecular complexity index is 617. The summed E-state index contributed by atoms with van der Waals surface area (Å²) in [5.41, 5.74) is 6.46. The van der Waals surface area contributed by atoms with E-state index >= 15 is 0 Å². The number of benzene rings is 1. The molecule has 0 aliphatic rings. The van der Waals surface area contributed by atoms with Crippen molar-refractivity contribution in [1.29, 1.82) is 0 Å². The molecule has 0 unspecified atom stereocenters. The summed E-state index contributed by atoms with van der Waals surface area (Å²) < 4.78 is 26.2. The van der Waals surface area contributed by atoms with E-state index < -0.39 is 10.0 Å². The molecule has 0 aromatic heterocycles. The van der Waals surface area contributed by atoms with E-state index in [0.717, 1.165) is 4.31 Å². The molecular weight excluding hydrogens is 302 g/mol. The average molecular weight is 320 g/mol. The number of nitrogens with zero attached hydrogens (tertiary/aromatic N) is 1. The summed E-state index contributed by atoms with van der Waals surface area (Å²) in [6.07, 6.45) is 0. The van der Waals surface area contributed by atoms with E-state index in [1.165, 1.54) is 19.2 Å². The van der Waals surface area contributed by atoms with Crippen LogP contribution in [0.25, 0.3) is 0 Å². The Morgan fingerprint density at radius 1 is 1.45 bits per heavy atom. The molecule has 0 saturated heterocycles. The van der Waals surface area contributed by atoms with Crippen molar-refractivity contribution in [3.05, 3.63) is 22.7 Å². The number of hydrogen-bond donors (Lipinski definition) is 2. The van der Waals surface area contributed by atoms with Gasteiger partial charge >= 0.3 is 0 Å². The third-order valence-corrected chi connectivity index (χ3v) is 5.20. The highest BCUT2D eigenvalue weighted by atomic mass is 35.5. The number of anilines is 1. The first-order valence-corrected chi connectivity index (χ1v) is 7.82. The monoisotopic (exact) mass is 319 g/mol. The highest BCUT2D eigenvalue weighted by Gasteiger charge is 2.27. The second-order valence-electron chi connectivity index (χ2n) is 4.22. The van der Waals surface area contributed by atoms with Crippen molar-refractivity contribution >= 4 is 33.2 Å². The van der Waals surface area contributed by atoms with Crippen molar-refractivity contribution in [2.24, 2.45) is 0 Å². The Balaban J connectivity index is 3.31. The van der Waals surface area contributed by atoms with Crippen LogP contribution in [0.15, 0.2) is 17.0 Å². The predicted molar refractivity (Wildman–Crippen MR) is 79.1 cm³/mol. The number of halogens is 1. The smallest absolute Gasteiger partial charge is 0.243 e. The molecule has 0 radical (unpaired) electrons. The van der Waals surface area contributed by atoms with Crippen molar-refractivity contribution in [3.63, 3.8) is 0 Å². The first kappa shape index (κ1) is 16.7. The van der Waals surface area contributed by atoms with Crippen LogP contribution in [0.4, 0.5) is 5.69 Å². The summed E-state index contributed by atoms with van der Waals surface area (Å²) in [7, 11) is -2.37. The topological polar surface area (TPSA) is 92.5 Å². The fourth-order valence-corrected chi connectivity index (χ4v) is 3.66. The molecule has 1 rings (SSSR count). The fraction of sp³-hybridized carbons (Fsp3) is 0.417. The van der Waals surface area contributed by atoms with Gasteiger partial charge in [-0.2, -0.15) is 4.31 Å². The van der Waals surface area contributed by atoms with Gasteiger partial charge in [0.2, 0.25) is 15.9 Å². The number of nitrogen functional groups attached to an aromatic ring is 1. The minimum absolute atomic E-state index is 0.0215. The third-order valence-electron chi connectivity index (χ3n) is 2.93. The van der Waals surface area contributed by atoms with E-state index in [9.17, 15) is 13.2 Å². The van der Waals surface area contributed by atoms with Gasteiger partial charge in [-0.15, -0.1) is 0 Å². The highest BCUT2D eigenvalue weighted by molar-refractivity contribution is 7.89. The average Bonchev–Trinajstić information content (AvgIpc) is 2.39. The summed E-state index contributed by atoms with van der Waals surface area (Å²) in [5.74, 6) is -0.386. The van der Waals surface area contributed by atoms with Crippen LogP contribution in [0.2, 0.25) is 5.02 Å². The zero-order chi connectivity index (χ0) is 15.5. The van der Waals surface area contributed by atoms with Gasteiger partial charge < -0.3 is 11.1 Å². The number of nitrogens with one attached hydrogen (secondary N) is 1. The number of nitrogens with two attached hydrogens (primary N) is 1. The number of amides is 1. The van der Waals surface area contributed by atoms with Gasteiger partial charge in [-0.05, 0) is 24.6 Å². The lowest BCUT2D eigenvalue weighted by molar-refractivity contribution is -0.120. The number of likely N-dealkylation sites (N-methyl/N-ethyl adjacent to an activating group) is 2. The molecular formula is C12H18ClN3O3S. The van der Waals surface area contributed by atoms with Gasteiger partial charge in [0, 0.05) is 24.3 Å². The van der Waals surface area contributed by atoms with Gasteiger partial charge in [-0.3, -0.25) is 4.79 Å². The molecule has 0 fully saturated rings. The van der Waals surface area contributed by atoms with E-state index in [1.807, 2.05) is 0 Å². The molecule has 0 saturated carbocycles. The number of carbonyl (C=O) groups is 1. The van der Waals surface area contributed by atoms with Crippen LogP contribution in [0.5, 0.6) is 0 Å². The Morgan fingerprint density at radius 3 is 2.55 bits per heavy atom. The van der Waals surface area contributed by atoms with Gasteiger partial charge in [-0.1, -0.05) is 18.5 Å². The maximum Gasteiger partial charge on any atom is 0.243 e. The van der Waals surface area contributed by atoms with Crippen molar-refractivity contribution in [2.45, 2.75) is 18.7 Å². The summed E-state index contributed by atoms with van der Waals surface area (Å²) >= 11 is 5.87. The molecule has 6 nitrogen and oxygen atoms in total. The Morgan fingerprint density at radius 2 is 2.05 bits per heavy atom. The highest BCUT2D eigenvalue weighted by Crippen LogP contribution is 2.28. The molecule has 1 aromatic rings. The zero-order valence-electron chi connectivity index (χ0n) is 11.6. The first-order valence-electron chi connectivity index (χ1n) is 6.00. The predicted octanol–water partition coefficient (Wildman–Crippen LogP) is 0.987. The largest absolute Gasteiger partial charge is 0.398 e. The summed E-state index contributed by atoms with van der Waals surface area (Å²) in [4.78, 5) is 11.4. The van der Waals surface area contributed by atoms with E-state index in [2.05, 4.69) is 5.32 Å². The molecule has 0 atom stereocenters. The molecule has 3 N–H and O–H groups in total. The Hall–Kier alpha value is -1.31. The van der Waals surface area contributed by atoms with Gasteiger partial charge in [0.05, 0.1) is 11.4 Å². The molecule has 0 aliphatic heterocycles. The maximum absolute atomic E-state index is 12.6. The van der Waals surface area contributed by atoms with Crippen LogP contribution < -0.4 is 11.1 Å². The van der Waals surface area contributed by atoms with E-state index in [-0.39, 0.29) is 28.9 Å². The minimum Gasteiger partial charge on any atom is -0.398 e. The van der Waals surface area contributed by atoms with Crippen LogP contribution in [0.1, 0.15) is 12.5 Å². The lowest BCUT2D eigenvalue weighted by Crippen LogP contribution is -2.39. The Labute approximate surface area is 123 Å². The van der Waals surface area contributed by atoms with Crippen molar-refractivity contribution in [1.82, 2.24) is 9.62 Å². The van der Waals surface area contributed by atoms with Gasteiger partial charge in [0.15, 0.2) is 0 Å². The molecule has 0 heterocycles. The van der Waals surface area contributed by atoms with Crippen molar-refractivity contribution < 1.29 is 13.2 Å². The van der Waals surface area contributed by atoms with Crippen LogP contribution in [-0.4, -0.2) is 38.8 Å². The normalized spacial score (nSPS) is 11.7. The van der Waals surface area contributed by atoms with E-state index in [4.69, 9.17) is 17.3 Å². The molecule has 1 aromatic carbocycles. The SMILES string of the molecule is CCN(CC(=O)NC)S(=O)(=O)c1cc(Cl)cc(N)c1C. The van der Waals surface area contributed by atoms with Gasteiger partial charge in [0.1, 0.15) is 0 Å². The maximum atomic E-state index is 12.6. The molecule has 0 spiro atoms. The fourth-order valence-electron chi connectivity index (χ4n) is 1.69. The first-order chi connectivity index (χ1) is 9.23. The Kier molecular flexibility index (Phi) is 5.38. The third kappa shape index (κ3) is 3.41. The van der Waals surface area contributed by atoms with Crippen LogP contribution >= 0.6 is 11.6 Å². The minimum atomic E-state index is -3.82. The van der Waals surface area contributed by atoms with Crippen molar-refractivity contribution in [3.8, 4) is 0 Å². The molecule has 20 heavy (non-hydrogen) atoms. The molecule has 1 amide bonds. The zero-order valence-corrected chi connectivity index (χ0v) is 13.2. The lowest BCUT2D eigenvalue weighted by Gasteiger charge is -2.21. The van der Waals surface area contributed by atoms with Crippen molar-refractivity contribution in [2.75, 3.05) is 25.9 Å². The number of carbonyl (C=O) groups excluding carboxylic acids is 1. The summed E-state index contributed by atoms with van der Waals surface area (Å²) in [5, 5.41) is 2.63. The standard InChI is InChI=1S/C12H18ClN3O3S/c1-4-16(7-12(17)15-3)20(18,19)11-6-9(13)5-10(14)8(11)2/h5-6H,4,7,14H2,1-3H3,(H,15,17). The second-order valence-corrected chi connectivity index (χ2v) is 6.57. The quantitative estimate of drug-likeness (QED) is 0.791. The van der Waals surface area contributed by atoms with Gasteiger partial charge in [-0.25, -0.2) is 8.42 Å². The van der Waals surface area contributed by atoms with Crippen LogP contribution in [0.3, 0.4) is 0 Å². The number of hydrogen-bond acceptors (Lipinski definition) is 4.